The molecule has 0 fully saturated rings. The molecule has 1 heterocycles. The second-order valence-electron chi connectivity index (χ2n) is 2.79. The van der Waals surface area contributed by atoms with Crippen molar-refractivity contribution in [3.05, 3.63) is 18.7 Å². The van der Waals surface area contributed by atoms with E-state index in [4.69, 9.17) is 15.0 Å². The summed E-state index contributed by atoms with van der Waals surface area (Å²) in [5.41, 5.74) is 0. The van der Waals surface area contributed by atoms with Crippen LogP contribution in [0.2, 0.25) is 0 Å². The molecule has 0 aromatic carbocycles. The molecule has 1 aromatic rings. The molecule has 0 aliphatic rings. The minimum Gasteiger partial charge on any atom is -0.450 e. The van der Waals surface area contributed by atoms with E-state index >= 15 is 0 Å². The Morgan fingerprint density at radius 1 is 1.43 bits per heavy atom. The lowest BCUT2D eigenvalue weighted by Crippen LogP contribution is -1.92. The van der Waals surface area contributed by atoms with E-state index in [0.717, 1.165) is 6.54 Å². The fourth-order valence-corrected chi connectivity index (χ4v) is 0.963. The average Bonchev–Trinajstić information content (AvgIpc) is 2.56. The molecule has 0 atom stereocenters. The van der Waals surface area contributed by atoms with Gasteiger partial charge in [0.1, 0.15) is 0 Å². The highest BCUT2D eigenvalue weighted by molar-refractivity contribution is 5.53. The fourth-order valence-electron chi connectivity index (χ4n) is 0.963. The summed E-state index contributed by atoms with van der Waals surface area (Å²) in [5, 5.41) is 13.9. The lowest BCUT2D eigenvalue weighted by atomic mass is 10.2. The van der Waals surface area contributed by atoms with Crippen LogP contribution in [0.25, 0.3) is 0 Å². The SMILES string of the molecule is CCCCCn1ccnc1.O=C(O)O. The molecule has 0 unspecified atom stereocenters. The second kappa shape index (κ2) is 8.10. The highest BCUT2D eigenvalue weighted by Crippen LogP contribution is 1.97. The van der Waals surface area contributed by atoms with Gasteiger partial charge in [0, 0.05) is 18.9 Å². The van der Waals surface area contributed by atoms with Gasteiger partial charge in [0.2, 0.25) is 0 Å². The fraction of sp³-hybridized carbons (Fsp3) is 0.556. The van der Waals surface area contributed by atoms with Crippen molar-refractivity contribution in [2.45, 2.75) is 32.7 Å². The Balaban J connectivity index is 0.000000364. The van der Waals surface area contributed by atoms with Crippen molar-refractivity contribution in [1.29, 1.82) is 0 Å². The second-order valence-corrected chi connectivity index (χ2v) is 2.79. The van der Waals surface area contributed by atoms with Gasteiger partial charge in [-0.1, -0.05) is 19.8 Å². The number of carbonyl (C=O) groups is 1. The van der Waals surface area contributed by atoms with Gasteiger partial charge in [0.15, 0.2) is 0 Å². The first kappa shape index (κ1) is 12.5. The predicted octanol–water partition coefficient (Wildman–Crippen LogP) is 2.30. The van der Waals surface area contributed by atoms with Crippen molar-refractivity contribution >= 4 is 6.16 Å². The van der Waals surface area contributed by atoms with Crippen LogP contribution >= 0.6 is 0 Å². The molecule has 14 heavy (non-hydrogen) atoms. The average molecular weight is 200 g/mol. The molecule has 1 aromatic heterocycles. The largest absolute Gasteiger partial charge is 0.503 e. The summed E-state index contributed by atoms with van der Waals surface area (Å²) in [5.74, 6) is 0. The zero-order chi connectivity index (χ0) is 10.8. The van der Waals surface area contributed by atoms with Crippen molar-refractivity contribution in [1.82, 2.24) is 9.55 Å². The summed E-state index contributed by atoms with van der Waals surface area (Å²) in [6, 6.07) is 0. The van der Waals surface area contributed by atoms with E-state index in [0.29, 0.717) is 0 Å². The number of nitrogens with zero attached hydrogens (tertiary/aromatic N) is 2. The maximum Gasteiger partial charge on any atom is 0.503 e. The smallest absolute Gasteiger partial charge is 0.450 e. The van der Waals surface area contributed by atoms with Crippen LogP contribution in [0.4, 0.5) is 4.79 Å². The molecule has 2 N–H and O–H groups in total. The highest BCUT2D eigenvalue weighted by Gasteiger charge is 1.87. The lowest BCUT2D eigenvalue weighted by Gasteiger charge is -1.98. The van der Waals surface area contributed by atoms with Gasteiger partial charge < -0.3 is 14.8 Å². The van der Waals surface area contributed by atoms with Crippen LogP contribution in [0, 0.1) is 0 Å². The van der Waals surface area contributed by atoms with Crippen LogP contribution in [-0.4, -0.2) is 25.9 Å². The molecule has 5 nitrogen and oxygen atoms in total. The van der Waals surface area contributed by atoms with Crippen molar-refractivity contribution in [3.8, 4) is 0 Å². The van der Waals surface area contributed by atoms with Crippen LogP contribution in [-0.2, 0) is 6.54 Å². The number of rotatable bonds is 4. The van der Waals surface area contributed by atoms with Gasteiger partial charge in [-0.3, -0.25) is 0 Å². The summed E-state index contributed by atoms with van der Waals surface area (Å²) in [4.78, 5) is 12.5. The maximum atomic E-state index is 8.56. The van der Waals surface area contributed by atoms with Gasteiger partial charge in [0.25, 0.3) is 0 Å². The molecule has 0 aliphatic carbocycles. The topological polar surface area (TPSA) is 75.4 Å². The van der Waals surface area contributed by atoms with E-state index in [1.54, 1.807) is 0 Å². The number of aromatic nitrogens is 2. The highest BCUT2D eigenvalue weighted by atomic mass is 16.6. The molecule has 0 saturated heterocycles. The Labute approximate surface area is 83.0 Å². The summed E-state index contributed by atoms with van der Waals surface area (Å²) >= 11 is 0. The summed E-state index contributed by atoms with van der Waals surface area (Å²) in [6.45, 7) is 3.34. The van der Waals surface area contributed by atoms with Gasteiger partial charge in [-0.05, 0) is 6.42 Å². The lowest BCUT2D eigenvalue weighted by molar-refractivity contribution is 0.137. The first-order valence-electron chi connectivity index (χ1n) is 4.54. The number of hydrogen-bond acceptors (Lipinski definition) is 2. The molecule has 0 bridgehead atoms. The van der Waals surface area contributed by atoms with Crippen molar-refractivity contribution in [2.24, 2.45) is 0 Å². The Hall–Kier alpha value is -1.52. The molecule has 0 saturated carbocycles. The molecule has 80 valence electrons. The van der Waals surface area contributed by atoms with E-state index in [2.05, 4.69) is 16.5 Å². The van der Waals surface area contributed by atoms with Crippen LogP contribution in [0.5, 0.6) is 0 Å². The number of aryl methyl sites for hydroxylation is 1. The minimum atomic E-state index is -1.83. The zero-order valence-corrected chi connectivity index (χ0v) is 8.26. The number of hydrogen-bond donors (Lipinski definition) is 2. The predicted molar refractivity (Wildman–Crippen MR) is 52.4 cm³/mol. The van der Waals surface area contributed by atoms with Crippen LogP contribution in [0.15, 0.2) is 18.7 Å². The van der Waals surface area contributed by atoms with E-state index in [1.807, 2.05) is 18.7 Å². The van der Waals surface area contributed by atoms with E-state index in [-0.39, 0.29) is 0 Å². The standard InChI is InChI=1S/C8H14N2.CH2O3/c1-2-3-4-6-10-7-5-9-8-10;2-1(3)4/h5,7-8H,2-4,6H2,1H3;(H2,2,3,4). The van der Waals surface area contributed by atoms with Gasteiger partial charge in [-0.25, -0.2) is 9.78 Å². The van der Waals surface area contributed by atoms with Crippen LogP contribution in [0.1, 0.15) is 26.2 Å². The number of carboxylic acid groups (broad SMARTS) is 2. The van der Waals surface area contributed by atoms with E-state index < -0.39 is 6.16 Å². The molecule has 0 aliphatic heterocycles. The van der Waals surface area contributed by atoms with Gasteiger partial charge in [-0.15, -0.1) is 0 Å². The summed E-state index contributed by atoms with van der Waals surface area (Å²) in [7, 11) is 0. The van der Waals surface area contributed by atoms with Gasteiger partial charge >= 0.3 is 6.16 Å². The molecule has 0 amide bonds. The quantitative estimate of drug-likeness (QED) is 0.731. The third kappa shape index (κ3) is 8.58. The van der Waals surface area contributed by atoms with Crippen molar-refractivity contribution in [2.75, 3.05) is 0 Å². The normalized spacial score (nSPS) is 8.93. The van der Waals surface area contributed by atoms with E-state index in [1.165, 1.54) is 19.3 Å². The van der Waals surface area contributed by atoms with Gasteiger partial charge in [0.05, 0.1) is 6.33 Å². The maximum absolute atomic E-state index is 8.56. The monoisotopic (exact) mass is 200 g/mol. The number of unbranched alkanes of at least 4 members (excludes halogenated alkanes) is 2. The third-order valence-electron chi connectivity index (χ3n) is 1.58. The molecular formula is C9H16N2O3. The van der Waals surface area contributed by atoms with Crippen molar-refractivity contribution < 1.29 is 15.0 Å². The molecular weight excluding hydrogens is 184 g/mol. The number of imidazole rings is 1. The molecule has 0 spiro atoms. The first-order valence-corrected chi connectivity index (χ1v) is 4.54. The zero-order valence-electron chi connectivity index (χ0n) is 8.26. The van der Waals surface area contributed by atoms with Crippen LogP contribution < -0.4 is 0 Å². The van der Waals surface area contributed by atoms with Gasteiger partial charge in [-0.2, -0.15) is 0 Å². The van der Waals surface area contributed by atoms with E-state index in [9.17, 15) is 0 Å². The molecule has 0 radical (unpaired) electrons. The Kier molecular flexibility index (Phi) is 7.22. The first-order chi connectivity index (χ1) is 6.66. The summed E-state index contributed by atoms with van der Waals surface area (Å²) < 4.78 is 2.12. The summed E-state index contributed by atoms with van der Waals surface area (Å²) in [6.07, 6.45) is 7.75. The third-order valence-corrected chi connectivity index (χ3v) is 1.58. The molecule has 1 rings (SSSR count). The minimum absolute atomic E-state index is 1.12. The Morgan fingerprint density at radius 2 is 2.07 bits per heavy atom. The Bertz CT molecular complexity index is 230. The Morgan fingerprint density at radius 3 is 2.50 bits per heavy atom. The van der Waals surface area contributed by atoms with Crippen LogP contribution in [0.3, 0.4) is 0 Å². The molecule has 5 heteroatoms. The van der Waals surface area contributed by atoms with Crippen molar-refractivity contribution in [3.63, 3.8) is 0 Å².